The lowest BCUT2D eigenvalue weighted by Crippen LogP contribution is -2.00. The Hall–Kier alpha value is -7.94. The molecule has 5 nitrogen and oxygen atoms in total. The largest absolute Gasteiger partial charge is 0.456 e. The highest BCUT2D eigenvalue weighted by atomic mass is 16.3. The van der Waals surface area contributed by atoms with Crippen molar-refractivity contribution >= 4 is 21.9 Å². The van der Waals surface area contributed by atoms with Gasteiger partial charge >= 0.3 is 0 Å². The zero-order valence-corrected chi connectivity index (χ0v) is 30.7. The van der Waals surface area contributed by atoms with Crippen molar-refractivity contribution in [2.45, 2.75) is 0 Å². The van der Waals surface area contributed by atoms with Gasteiger partial charge in [-0.05, 0) is 87.0 Å². The van der Waals surface area contributed by atoms with Crippen molar-refractivity contribution in [3.63, 3.8) is 0 Å². The van der Waals surface area contributed by atoms with E-state index in [1.54, 1.807) is 0 Å². The van der Waals surface area contributed by atoms with Gasteiger partial charge in [0, 0.05) is 27.5 Å². The zero-order valence-electron chi connectivity index (χ0n) is 30.7. The maximum atomic E-state index is 9.54. The second-order valence-corrected chi connectivity index (χ2v) is 14.0. The van der Waals surface area contributed by atoms with Gasteiger partial charge in [0.25, 0.3) is 0 Å². The minimum Gasteiger partial charge on any atom is -0.456 e. The van der Waals surface area contributed by atoms with Crippen molar-refractivity contribution in [1.29, 1.82) is 5.26 Å². The molecule has 0 aliphatic carbocycles. The van der Waals surface area contributed by atoms with Crippen LogP contribution >= 0.6 is 0 Å². The van der Waals surface area contributed by atoms with Gasteiger partial charge in [-0.25, -0.2) is 15.0 Å². The number of nitriles is 1. The van der Waals surface area contributed by atoms with Crippen LogP contribution in [0.2, 0.25) is 0 Å². The van der Waals surface area contributed by atoms with E-state index < -0.39 is 0 Å². The first kappa shape index (κ1) is 33.6. The lowest BCUT2D eigenvalue weighted by molar-refractivity contribution is 0.669. The molecule has 0 saturated heterocycles. The summed E-state index contributed by atoms with van der Waals surface area (Å²) in [6, 6.07) is 68.2. The summed E-state index contributed by atoms with van der Waals surface area (Å²) in [5, 5.41) is 11.6. The highest BCUT2D eigenvalue weighted by Crippen LogP contribution is 2.39. The van der Waals surface area contributed by atoms with Crippen LogP contribution in [-0.2, 0) is 0 Å². The van der Waals surface area contributed by atoms with Gasteiger partial charge in [-0.1, -0.05) is 152 Å². The first-order valence-corrected chi connectivity index (χ1v) is 18.8. The molecule has 0 aliphatic rings. The molecular formula is C52H32N4O. The van der Waals surface area contributed by atoms with Gasteiger partial charge in [-0.15, -0.1) is 0 Å². The number of hydrogen-bond donors (Lipinski definition) is 0. The summed E-state index contributed by atoms with van der Waals surface area (Å²) < 4.78 is 6.57. The third-order valence-electron chi connectivity index (χ3n) is 10.4. The van der Waals surface area contributed by atoms with Crippen LogP contribution < -0.4 is 0 Å². The minimum atomic E-state index is 0.539. The molecule has 0 atom stereocenters. The normalized spacial score (nSPS) is 11.1. The van der Waals surface area contributed by atoms with Crippen LogP contribution in [-0.4, -0.2) is 15.0 Å². The third kappa shape index (κ3) is 6.52. The fourth-order valence-electron chi connectivity index (χ4n) is 7.51. The van der Waals surface area contributed by atoms with Gasteiger partial charge in [0.1, 0.15) is 11.2 Å². The number of aromatic nitrogens is 3. The number of rotatable bonds is 7. The van der Waals surface area contributed by atoms with Crippen molar-refractivity contribution in [3.05, 3.63) is 200 Å². The molecule has 10 rings (SSSR count). The summed E-state index contributed by atoms with van der Waals surface area (Å²) in [5.74, 6) is 1.65. The fourth-order valence-corrected chi connectivity index (χ4v) is 7.51. The van der Waals surface area contributed by atoms with Crippen LogP contribution in [0.25, 0.3) is 101 Å². The van der Waals surface area contributed by atoms with E-state index in [0.29, 0.717) is 23.0 Å². The van der Waals surface area contributed by atoms with Gasteiger partial charge < -0.3 is 4.42 Å². The molecule has 0 spiro atoms. The van der Waals surface area contributed by atoms with Gasteiger partial charge in [0.05, 0.1) is 11.6 Å². The van der Waals surface area contributed by atoms with E-state index in [1.165, 1.54) is 5.56 Å². The molecule has 0 radical (unpaired) electrons. The summed E-state index contributed by atoms with van der Waals surface area (Å²) in [7, 11) is 0. The third-order valence-corrected chi connectivity index (χ3v) is 10.4. The molecule has 266 valence electrons. The molecule has 0 bridgehead atoms. The van der Waals surface area contributed by atoms with E-state index in [9.17, 15) is 5.26 Å². The Bertz CT molecular complexity index is 3130. The summed E-state index contributed by atoms with van der Waals surface area (Å²) in [4.78, 5) is 15.2. The second-order valence-electron chi connectivity index (χ2n) is 14.0. The summed E-state index contributed by atoms with van der Waals surface area (Å²) in [6.45, 7) is 0. The van der Waals surface area contributed by atoms with Crippen LogP contribution in [0, 0.1) is 11.3 Å². The first-order chi connectivity index (χ1) is 28.2. The predicted molar refractivity (Wildman–Crippen MR) is 230 cm³/mol. The standard InChI is InChI=1S/C52H32N4O/c53-33-34-11-7-16-39(29-34)41-18-9-20-43(31-41)51-54-50(38-25-23-37(24-26-38)35-12-3-1-4-13-35)55-52(56-51)44-27-28-46-48(32-44)57-47-22-10-21-45(49(46)47)42-19-8-17-40(30-42)36-14-5-2-6-15-36/h1-32H. The Labute approximate surface area is 329 Å². The van der Waals surface area contributed by atoms with E-state index in [1.807, 2.05) is 78.9 Å². The van der Waals surface area contributed by atoms with E-state index in [-0.39, 0.29) is 0 Å². The van der Waals surface area contributed by atoms with Crippen molar-refractivity contribution in [2.24, 2.45) is 0 Å². The molecule has 0 saturated carbocycles. The number of furan rings is 1. The molecule has 0 amide bonds. The fraction of sp³-hybridized carbons (Fsp3) is 0. The van der Waals surface area contributed by atoms with Gasteiger partial charge in [-0.3, -0.25) is 0 Å². The van der Waals surface area contributed by atoms with E-state index in [2.05, 4.69) is 121 Å². The van der Waals surface area contributed by atoms with Crippen LogP contribution in [0.4, 0.5) is 0 Å². The molecule has 0 fully saturated rings. The van der Waals surface area contributed by atoms with Crippen LogP contribution in [0.3, 0.4) is 0 Å². The lowest BCUT2D eigenvalue weighted by Gasteiger charge is -2.10. The molecule has 0 unspecified atom stereocenters. The quantitative estimate of drug-likeness (QED) is 0.163. The van der Waals surface area contributed by atoms with Crippen molar-refractivity contribution in [2.75, 3.05) is 0 Å². The summed E-state index contributed by atoms with van der Waals surface area (Å²) in [6.07, 6.45) is 0. The van der Waals surface area contributed by atoms with E-state index >= 15 is 0 Å². The van der Waals surface area contributed by atoms with Gasteiger partial charge in [0.15, 0.2) is 17.5 Å². The molecule has 0 N–H and O–H groups in total. The first-order valence-electron chi connectivity index (χ1n) is 18.8. The van der Waals surface area contributed by atoms with E-state index in [0.717, 1.165) is 77.6 Å². The molecule has 8 aromatic carbocycles. The van der Waals surface area contributed by atoms with Gasteiger partial charge in [-0.2, -0.15) is 5.26 Å². The zero-order chi connectivity index (χ0) is 38.1. The number of hydrogen-bond acceptors (Lipinski definition) is 5. The molecule has 57 heavy (non-hydrogen) atoms. The molecule has 5 heteroatoms. The minimum absolute atomic E-state index is 0.539. The Balaban J connectivity index is 1.09. The monoisotopic (exact) mass is 728 g/mol. The van der Waals surface area contributed by atoms with Crippen molar-refractivity contribution < 1.29 is 4.42 Å². The lowest BCUT2D eigenvalue weighted by atomic mass is 9.96. The molecule has 2 heterocycles. The van der Waals surface area contributed by atoms with Crippen LogP contribution in [0.15, 0.2) is 199 Å². The number of fused-ring (bicyclic) bond motifs is 3. The molecular weight excluding hydrogens is 697 g/mol. The highest BCUT2D eigenvalue weighted by Gasteiger charge is 2.17. The SMILES string of the molecule is N#Cc1cccc(-c2cccc(-c3nc(-c4ccc(-c5ccccc5)cc4)nc(-c4ccc5c(c4)oc4cccc(-c6cccc(-c7ccccc7)c6)c45)n3)c2)c1. The van der Waals surface area contributed by atoms with Gasteiger partial charge in [0.2, 0.25) is 0 Å². The highest BCUT2D eigenvalue weighted by molar-refractivity contribution is 6.13. The average Bonchev–Trinajstić information content (AvgIpc) is 3.68. The smallest absolute Gasteiger partial charge is 0.164 e. The Morgan fingerprint density at radius 2 is 0.825 bits per heavy atom. The van der Waals surface area contributed by atoms with Crippen LogP contribution in [0.1, 0.15) is 5.56 Å². The average molecular weight is 729 g/mol. The van der Waals surface area contributed by atoms with Crippen molar-refractivity contribution in [3.8, 4) is 84.7 Å². The Kier molecular flexibility index (Phi) is 8.48. The maximum absolute atomic E-state index is 9.54. The van der Waals surface area contributed by atoms with Crippen molar-refractivity contribution in [1.82, 2.24) is 15.0 Å². The topological polar surface area (TPSA) is 75.6 Å². The second kappa shape index (κ2) is 14.4. The van der Waals surface area contributed by atoms with Crippen LogP contribution in [0.5, 0.6) is 0 Å². The molecule has 10 aromatic rings. The Morgan fingerprint density at radius 3 is 1.53 bits per heavy atom. The summed E-state index contributed by atoms with van der Waals surface area (Å²) >= 11 is 0. The summed E-state index contributed by atoms with van der Waals surface area (Å²) in [5.41, 5.74) is 13.5. The molecule has 2 aromatic heterocycles. The Morgan fingerprint density at radius 1 is 0.351 bits per heavy atom. The number of nitrogens with zero attached hydrogens (tertiary/aromatic N) is 4. The molecule has 0 aliphatic heterocycles. The van der Waals surface area contributed by atoms with E-state index in [4.69, 9.17) is 19.4 Å². The number of benzene rings is 8. The maximum Gasteiger partial charge on any atom is 0.164 e. The predicted octanol–water partition coefficient (Wildman–Crippen LogP) is 13.3.